The molecule has 0 bridgehead atoms. The Bertz CT molecular complexity index is 651. The third-order valence-electron chi connectivity index (χ3n) is 3.27. The molecular formula is C17H16FNO4. The van der Waals surface area contributed by atoms with Crippen LogP contribution in [0.3, 0.4) is 0 Å². The van der Waals surface area contributed by atoms with E-state index in [1.54, 1.807) is 12.1 Å². The molecule has 1 aliphatic heterocycles. The lowest BCUT2D eigenvalue weighted by molar-refractivity contribution is -0.118. The monoisotopic (exact) mass is 317 g/mol. The van der Waals surface area contributed by atoms with Crippen LogP contribution in [0.5, 0.6) is 5.75 Å². The Hall–Kier alpha value is -2.44. The van der Waals surface area contributed by atoms with Gasteiger partial charge in [0.2, 0.25) is 0 Å². The van der Waals surface area contributed by atoms with E-state index in [4.69, 9.17) is 14.2 Å². The molecule has 0 aliphatic carbocycles. The number of amides is 1. The van der Waals surface area contributed by atoms with Crippen molar-refractivity contribution in [2.45, 2.75) is 6.29 Å². The summed E-state index contributed by atoms with van der Waals surface area (Å²) in [5, 5.41) is 2.72. The average Bonchev–Trinajstić information content (AvgIpc) is 3.09. The van der Waals surface area contributed by atoms with E-state index in [2.05, 4.69) is 5.32 Å². The summed E-state index contributed by atoms with van der Waals surface area (Å²) in [5.41, 5.74) is 1.56. The van der Waals surface area contributed by atoms with E-state index in [1.165, 1.54) is 24.3 Å². The van der Waals surface area contributed by atoms with E-state index >= 15 is 0 Å². The number of rotatable bonds is 5. The van der Waals surface area contributed by atoms with Crippen LogP contribution in [0, 0.1) is 5.82 Å². The lowest BCUT2D eigenvalue weighted by Gasteiger charge is -2.11. The molecule has 23 heavy (non-hydrogen) atoms. The summed E-state index contributed by atoms with van der Waals surface area (Å²) in [7, 11) is 0. The number of carbonyl (C=O) groups is 1. The zero-order valence-electron chi connectivity index (χ0n) is 12.3. The molecule has 120 valence electrons. The summed E-state index contributed by atoms with van der Waals surface area (Å²) in [6.45, 7) is 1.02. The van der Waals surface area contributed by atoms with Crippen molar-refractivity contribution in [1.29, 1.82) is 0 Å². The number of hydrogen-bond donors (Lipinski definition) is 1. The molecule has 2 aromatic rings. The Labute approximate surface area is 133 Å². The van der Waals surface area contributed by atoms with Gasteiger partial charge >= 0.3 is 0 Å². The average molecular weight is 317 g/mol. The van der Waals surface area contributed by atoms with Gasteiger partial charge in [-0.05, 0) is 36.4 Å². The molecule has 6 heteroatoms. The van der Waals surface area contributed by atoms with E-state index in [0.717, 1.165) is 5.56 Å². The topological polar surface area (TPSA) is 56.8 Å². The number of halogens is 1. The van der Waals surface area contributed by atoms with Gasteiger partial charge in [-0.3, -0.25) is 4.79 Å². The van der Waals surface area contributed by atoms with Crippen LogP contribution in [0.15, 0.2) is 48.5 Å². The molecule has 1 amide bonds. The highest BCUT2D eigenvalue weighted by Gasteiger charge is 2.17. The maximum atomic E-state index is 12.8. The second-order valence-electron chi connectivity index (χ2n) is 4.99. The quantitative estimate of drug-likeness (QED) is 0.921. The largest absolute Gasteiger partial charge is 0.484 e. The molecule has 3 rings (SSSR count). The van der Waals surface area contributed by atoms with E-state index < -0.39 is 0 Å². The van der Waals surface area contributed by atoms with Crippen molar-refractivity contribution >= 4 is 11.6 Å². The fraction of sp³-hybridized carbons (Fsp3) is 0.235. The summed E-state index contributed by atoms with van der Waals surface area (Å²) in [4.78, 5) is 11.8. The van der Waals surface area contributed by atoms with Gasteiger partial charge in [0.15, 0.2) is 12.9 Å². The highest BCUT2D eigenvalue weighted by molar-refractivity contribution is 5.91. The van der Waals surface area contributed by atoms with E-state index in [-0.39, 0.29) is 24.6 Å². The molecule has 1 saturated heterocycles. The van der Waals surface area contributed by atoms with Crippen LogP contribution >= 0.6 is 0 Å². The Balaban J connectivity index is 1.50. The molecule has 1 N–H and O–H groups in total. The zero-order chi connectivity index (χ0) is 16.1. The van der Waals surface area contributed by atoms with Crippen molar-refractivity contribution in [2.24, 2.45) is 0 Å². The number of ether oxygens (including phenoxy) is 3. The summed E-state index contributed by atoms with van der Waals surface area (Å²) in [6.07, 6.45) is -0.332. The van der Waals surface area contributed by atoms with Gasteiger partial charge in [0.25, 0.3) is 5.91 Å². The van der Waals surface area contributed by atoms with Gasteiger partial charge in [-0.2, -0.15) is 0 Å². The Kier molecular flexibility index (Phi) is 4.85. The van der Waals surface area contributed by atoms with Crippen molar-refractivity contribution in [1.82, 2.24) is 0 Å². The van der Waals surface area contributed by atoms with Gasteiger partial charge in [0, 0.05) is 11.3 Å². The standard InChI is InChI=1S/C17H16FNO4/c18-13-3-7-15(8-4-13)23-11-16(20)19-14-5-1-12(2-6-14)17-21-9-10-22-17/h1-8,17H,9-11H2,(H,19,20). The first kappa shape index (κ1) is 15.5. The van der Waals surface area contributed by atoms with Gasteiger partial charge in [-0.1, -0.05) is 12.1 Å². The molecule has 5 nitrogen and oxygen atoms in total. The predicted molar refractivity (Wildman–Crippen MR) is 81.6 cm³/mol. The van der Waals surface area contributed by atoms with Crippen LogP contribution < -0.4 is 10.1 Å². The van der Waals surface area contributed by atoms with Crippen LogP contribution in [0.1, 0.15) is 11.9 Å². The molecule has 1 fully saturated rings. The van der Waals surface area contributed by atoms with Crippen molar-refractivity contribution in [2.75, 3.05) is 25.1 Å². The fourth-order valence-corrected chi connectivity index (χ4v) is 2.15. The summed E-state index contributed by atoms with van der Waals surface area (Å²) >= 11 is 0. The second kappa shape index (κ2) is 7.21. The Morgan fingerprint density at radius 3 is 2.39 bits per heavy atom. The van der Waals surface area contributed by atoms with Crippen molar-refractivity contribution in [3.63, 3.8) is 0 Å². The summed E-state index contributed by atoms with van der Waals surface area (Å²) < 4.78 is 28.8. The second-order valence-corrected chi connectivity index (χ2v) is 4.99. The van der Waals surface area contributed by atoms with E-state index in [9.17, 15) is 9.18 Å². The van der Waals surface area contributed by atoms with Crippen molar-refractivity contribution in [3.05, 3.63) is 59.9 Å². The highest BCUT2D eigenvalue weighted by atomic mass is 19.1. The zero-order valence-corrected chi connectivity index (χ0v) is 12.3. The van der Waals surface area contributed by atoms with Crippen LogP contribution in [-0.2, 0) is 14.3 Å². The summed E-state index contributed by atoms with van der Waals surface area (Å²) in [5.74, 6) is -0.208. The third-order valence-corrected chi connectivity index (χ3v) is 3.27. The van der Waals surface area contributed by atoms with Crippen LogP contribution in [0.4, 0.5) is 10.1 Å². The Morgan fingerprint density at radius 2 is 1.74 bits per heavy atom. The Morgan fingerprint density at radius 1 is 1.09 bits per heavy atom. The van der Waals surface area contributed by atoms with Crippen molar-refractivity contribution in [3.8, 4) is 5.75 Å². The number of benzene rings is 2. The molecule has 0 unspecified atom stereocenters. The smallest absolute Gasteiger partial charge is 0.262 e. The minimum Gasteiger partial charge on any atom is -0.484 e. The van der Waals surface area contributed by atoms with Gasteiger partial charge in [0.1, 0.15) is 11.6 Å². The molecule has 2 aromatic carbocycles. The van der Waals surface area contributed by atoms with E-state index in [1.807, 2.05) is 12.1 Å². The van der Waals surface area contributed by atoms with Gasteiger partial charge in [-0.15, -0.1) is 0 Å². The molecule has 1 heterocycles. The molecule has 0 saturated carbocycles. The van der Waals surface area contributed by atoms with Crippen LogP contribution in [0.2, 0.25) is 0 Å². The van der Waals surface area contributed by atoms with Crippen molar-refractivity contribution < 1.29 is 23.4 Å². The first-order valence-electron chi connectivity index (χ1n) is 7.22. The molecule has 0 radical (unpaired) electrons. The number of carbonyl (C=O) groups excluding carboxylic acids is 1. The maximum absolute atomic E-state index is 12.8. The predicted octanol–water partition coefficient (Wildman–Crippen LogP) is 2.89. The number of hydrogen-bond acceptors (Lipinski definition) is 4. The normalized spacial score (nSPS) is 14.7. The van der Waals surface area contributed by atoms with Gasteiger partial charge in [-0.25, -0.2) is 4.39 Å². The maximum Gasteiger partial charge on any atom is 0.262 e. The molecule has 1 aliphatic rings. The lowest BCUT2D eigenvalue weighted by Crippen LogP contribution is -2.20. The number of nitrogens with one attached hydrogen (secondary N) is 1. The van der Waals surface area contributed by atoms with Crippen LogP contribution in [-0.4, -0.2) is 25.7 Å². The van der Waals surface area contributed by atoms with E-state index in [0.29, 0.717) is 24.7 Å². The third kappa shape index (κ3) is 4.28. The van der Waals surface area contributed by atoms with Gasteiger partial charge in [0.05, 0.1) is 13.2 Å². The highest BCUT2D eigenvalue weighted by Crippen LogP contribution is 2.24. The molecule has 0 aromatic heterocycles. The minimum absolute atomic E-state index is 0.151. The lowest BCUT2D eigenvalue weighted by atomic mass is 10.2. The van der Waals surface area contributed by atoms with Gasteiger partial charge < -0.3 is 19.5 Å². The number of anilines is 1. The molecule has 0 spiro atoms. The first-order chi connectivity index (χ1) is 11.2. The fourth-order valence-electron chi connectivity index (χ4n) is 2.15. The van der Waals surface area contributed by atoms with Crippen LogP contribution in [0.25, 0.3) is 0 Å². The molecule has 0 atom stereocenters. The molecular weight excluding hydrogens is 301 g/mol. The minimum atomic E-state index is -0.350. The SMILES string of the molecule is O=C(COc1ccc(F)cc1)Nc1ccc(C2OCCO2)cc1. The first-order valence-corrected chi connectivity index (χ1v) is 7.22. The summed E-state index contributed by atoms with van der Waals surface area (Å²) in [6, 6.07) is 12.7.